The van der Waals surface area contributed by atoms with E-state index in [4.69, 9.17) is 9.52 Å². The standard InChI is InChI=1S/C12H14N2O3/c1-4-9-7(2)13-14(8(9)3)11-6-5-10(17-11)12(15)16/h5-6H,4H2,1-3H3,(H,15,16). The van der Waals surface area contributed by atoms with Crippen molar-refractivity contribution in [1.29, 1.82) is 0 Å². The predicted molar refractivity (Wildman–Crippen MR) is 61.6 cm³/mol. The lowest BCUT2D eigenvalue weighted by Gasteiger charge is -2.00. The van der Waals surface area contributed by atoms with Gasteiger partial charge in [-0.25, -0.2) is 9.48 Å². The summed E-state index contributed by atoms with van der Waals surface area (Å²) in [5, 5.41) is 13.2. The molecule has 0 fully saturated rings. The van der Waals surface area contributed by atoms with Crippen LogP contribution in [0.1, 0.15) is 34.4 Å². The van der Waals surface area contributed by atoms with E-state index in [1.807, 2.05) is 13.8 Å². The normalized spacial score (nSPS) is 10.8. The molecule has 2 aromatic heterocycles. The lowest BCUT2D eigenvalue weighted by atomic mass is 10.1. The minimum atomic E-state index is -1.08. The van der Waals surface area contributed by atoms with Crippen molar-refractivity contribution in [3.05, 3.63) is 34.8 Å². The summed E-state index contributed by atoms with van der Waals surface area (Å²) < 4.78 is 6.87. The molecule has 17 heavy (non-hydrogen) atoms. The van der Waals surface area contributed by atoms with Crippen LogP contribution in [0.15, 0.2) is 16.5 Å². The van der Waals surface area contributed by atoms with Crippen molar-refractivity contribution in [3.63, 3.8) is 0 Å². The summed E-state index contributed by atoms with van der Waals surface area (Å²) in [6.45, 7) is 5.94. The molecule has 5 nitrogen and oxygen atoms in total. The number of furan rings is 1. The van der Waals surface area contributed by atoms with Gasteiger partial charge in [-0.2, -0.15) is 5.10 Å². The third kappa shape index (κ3) is 1.84. The molecule has 0 unspecified atom stereocenters. The number of rotatable bonds is 3. The van der Waals surface area contributed by atoms with Gasteiger partial charge in [-0.1, -0.05) is 6.92 Å². The predicted octanol–water partition coefficient (Wildman–Crippen LogP) is 2.34. The van der Waals surface area contributed by atoms with Crippen LogP contribution >= 0.6 is 0 Å². The van der Waals surface area contributed by atoms with E-state index in [-0.39, 0.29) is 5.76 Å². The first-order chi connectivity index (χ1) is 8.04. The molecule has 0 spiro atoms. The summed E-state index contributed by atoms with van der Waals surface area (Å²) in [4.78, 5) is 10.7. The maximum absolute atomic E-state index is 10.7. The monoisotopic (exact) mass is 234 g/mol. The summed E-state index contributed by atoms with van der Waals surface area (Å²) in [5.41, 5.74) is 3.09. The Morgan fingerprint density at radius 3 is 2.65 bits per heavy atom. The number of nitrogens with zero attached hydrogens (tertiary/aromatic N) is 2. The van der Waals surface area contributed by atoms with Gasteiger partial charge in [0, 0.05) is 11.8 Å². The third-order valence-electron chi connectivity index (χ3n) is 2.81. The van der Waals surface area contributed by atoms with E-state index in [0.29, 0.717) is 5.88 Å². The highest BCUT2D eigenvalue weighted by molar-refractivity contribution is 5.84. The van der Waals surface area contributed by atoms with Crippen LogP contribution in [0.5, 0.6) is 0 Å². The van der Waals surface area contributed by atoms with Gasteiger partial charge in [0.15, 0.2) is 0 Å². The second-order valence-electron chi connectivity index (χ2n) is 3.86. The molecule has 0 atom stereocenters. The molecule has 0 saturated carbocycles. The molecule has 2 heterocycles. The van der Waals surface area contributed by atoms with Crippen LogP contribution in [0.3, 0.4) is 0 Å². The zero-order chi connectivity index (χ0) is 12.6. The topological polar surface area (TPSA) is 68.3 Å². The summed E-state index contributed by atoms with van der Waals surface area (Å²) in [7, 11) is 0. The van der Waals surface area contributed by atoms with Gasteiger partial charge in [-0.05, 0) is 31.9 Å². The number of carboxylic acid groups (broad SMARTS) is 1. The maximum atomic E-state index is 10.7. The van der Waals surface area contributed by atoms with E-state index in [1.54, 1.807) is 10.7 Å². The maximum Gasteiger partial charge on any atom is 0.371 e. The van der Waals surface area contributed by atoms with Crippen LogP contribution in [-0.4, -0.2) is 20.9 Å². The number of carboxylic acids is 1. The van der Waals surface area contributed by atoms with Gasteiger partial charge in [0.25, 0.3) is 0 Å². The van der Waals surface area contributed by atoms with Crippen molar-refractivity contribution in [2.45, 2.75) is 27.2 Å². The summed E-state index contributed by atoms with van der Waals surface area (Å²) >= 11 is 0. The molecule has 2 rings (SSSR count). The molecule has 0 saturated heterocycles. The van der Waals surface area contributed by atoms with E-state index in [0.717, 1.165) is 17.8 Å². The van der Waals surface area contributed by atoms with Gasteiger partial charge in [0.2, 0.25) is 11.6 Å². The first-order valence-electron chi connectivity index (χ1n) is 5.43. The Bertz CT molecular complexity index is 566. The van der Waals surface area contributed by atoms with Crippen LogP contribution < -0.4 is 0 Å². The third-order valence-corrected chi connectivity index (χ3v) is 2.81. The van der Waals surface area contributed by atoms with Crippen molar-refractivity contribution >= 4 is 5.97 Å². The van der Waals surface area contributed by atoms with Gasteiger partial charge >= 0.3 is 5.97 Å². The molecule has 1 N–H and O–H groups in total. The molecule has 5 heteroatoms. The molecule has 90 valence electrons. The average Bonchev–Trinajstić information content (AvgIpc) is 2.84. The van der Waals surface area contributed by atoms with Crippen molar-refractivity contribution < 1.29 is 14.3 Å². The fourth-order valence-electron chi connectivity index (χ4n) is 1.96. The molecule has 0 aliphatic heterocycles. The minimum absolute atomic E-state index is 0.0781. The number of aromatic carboxylic acids is 1. The van der Waals surface area contributed by atoms with Crippen LogP contribution in [0.25, 0.3) is 5.88 Å². The average molecular weight is 234 g/mol. The molecule has 0 radical (unpaired) electrons. The Balaban J connectivity index is 2.49. The van der Waals surface area contributed by atoms with Crippen molar-refractivity contribution in [2.24, 2.45) is 0 Å². The summed E-state index contributed by atoms with van der Waals surface area (Å²) in [6.07, 6.45) is 0.893. The van der Waals surface area contributed by atoms with Gasteiger partial charge in [0.1, 0.15) is 0 Å². The largest absolute Gasteiger partial charge is 0.475 e. The highest BCUT2D eigenvalue weighted by atomic mass is 16.4. The van der Waals surface area contributed by atoms with Crippen molar-refractivity contribution in [2.75, 3.05) is 0 Å². The minimum Gasteiger partial charge on any atom is -0.475 e. The highest BCUT2D eigenvalue weighted by Crippen LogP contribution is 2.20. The number of aryl methyl sites for hydroxylation is 1. The molecular weight excluding hydrogens is 220 g/mol. The van der Waals surface area contributed by atoms with Crippen LogP contribution in [-0.2, 0) is 6.42 Å². The van der Waals surface area contributed by atoms with Gasteiger partial charge in [-0.15, -0.1) is 0 Å². The SMILES string of the molecule is CCc1c(C)nn(-c2ccc(C(=O)O)o2)c1C. The second kappa shape index (κ2) is 4.08. The lowest BCUT2D eigenvalue weighted by Crippen LogP contribution is -1.98. The molecular formula is C12H14N2O3. The molecule has 0 amide bonds. The zero-order valence-electron chi connectivity index (χ0n) is 10.0. The van der Waals surface area contributed by atoms with E-state index in [9.17, 15) is 4.79 Å². The molecule has 2 aromatic rings. The Kier molecular flexibility index (Phi) is 2.75. The number of hydrogen-bond acceptors (Lipinski definition) is 3. The quantitative estimate of drug-likeness (QED) is 0.885. The lowest BCUT2D eigenvalue weighted by molar-refractivity contribution is 0.0662. The molecule has 0 aliphatic carbocycles. The summed E-state index contributed by atoms with van der Waals surface area (Å²) in [5.74, 6) is -0.721. The fourth-order valence-corrected chi connectivity index (χ4v) is 1.96. The van der Waals surface area contributed by atoms with E-state index in [1.165, 1.54) is 11.6 Å². The fraction of sp³-hybridized carbons (Fsp3) is 0.333. The molecule has 0 aliphatic rings. The Hall–Kier alpha value is -2.04. The van der Waals surface area contributed by atoms with Gasteiger partial charge in [0.05, 0.1) is 5.69 Å². The zero-order valence-corrected chi connectivity index (χ0v) is 10.0. The molecule has 0 bridgehead atoms. The van der Waals surface area contributed by atoms with Gasteiger partial charge < -0.3 is 9.52 Å². The van der Waals surface area contributed by atoms with E-state index in [2.05, 4.69) is 12.0 Å². The van der Waals surface area contributed by atoms with Crippen LogP contribution in [0.4, 0.5) is 0 Å². The first kappa shape index (κ1) is 11.4. The van der Waals surface area contributed by atoms with E-state index < -0.39 is 5.97 Å². The smallest absolute Gasteiger partial charge is 0.371 e. The Morgan fingerprint density at radius 1 is 1.47 bits per heavy atom. The Morgan fingerprint density at radius 2 is 2.18 bits per heavy atom. The Labute approximate surface area is 98.7 Å². The molecule has 0 aromatic carbocycles. The second-order valence-corrected chi connectivity index (χ2v) is 3.86. The van der Waals surface area contributed by atoms with E-state index >= 15 is 0 Å². The highest BCUT2D eigenvalue weighted by Gasteiger charge is 2.15. The first-order valence-corrected chi connectivity index (χ1v) is 5.43. The van der Waals surface area contributed by atoms with Crippen LogP contribution in [0, 0.1) is 13.8 Å². The van der Waals surface area contributed by atoms with Crippen molar-refractivity contribution in [3.8, 4) is 5.88 Å². The number of hydrogen-bond donors (Lipinski definition) is 1. The van der Waals surface area contributed by atoms with Crippen LogP contribution in [0.2, 0.25) is 0 Å². The number of carbonyl (C=O) groups is 1. The van der Waals surface area contributed by atoms with Crippen molar-refractivity contribution in [1.82, 2.24) is 9.78 Å². The summed E-state index contributed by atoms with van der Waals surface area (Å²) in [6, 6.07) is 3.04. The number of aromatic nitrogens is 2. The van der Waals surface area contributed by atoms with Gasteiger partial charge in [-0.3, -0.25) is 0 Å².